The van der Waals surface area contributed by atoms with Crippen LogP contribution in [-0.2, 0) is 9.47 Å². The van der Waals surface area contributed by atoms with Gasteiger partial charge in [-0.05, 0) is 68.3 Å². The van der Waals surface area contributed by atoms with Gasteiger partial charge in [0, 0.05) is 30.0 Å². The Bertz CT molecular complexity index is 1090. The summed E-state index contributed by atoms with van der Waals surface area (Å²) < 4.78 is 58.1. The number of halogens is 3. The van der Waals surface area contributed by atoms with Gasteiger partial charge in [0.15, 0.2) is 5.79 Å². The van der Waals surface area contributed by atoms with Gasteiger partial charge in [-0.15, -0.1) is 13.2 Å². The zero-order valence-corrected chi connectivity index (χ0v) is 20.5. The van der Waals surface area contributed by atoms with Crippen molar-refractivity contribution in [3.8, 4) is 11.5 Å². The molecule has 8 nitrogen and oxygen atoms in total. The number of nitrogens with one attached hydrogen (secondary N) is 2. The summed E-state index contributed by atoms with van der Waals surface area (Å²) in [6, 6.07) is 11.6. The molecular weight excluding hydrogens is 493 g/mol. The zero-order valence-electron chi connectivity index (χ0n) is 20.5. The number of benzene rings is 2. The molecule has 2 aromatic carbocycles. The van der Waals surface area contributed by atoms with Crippen LogP contribution in [0.1, 0.15) is 53.3 Å². The smallest absolute Gasteiger partial charge is 0.497 e. The first-order valence-electron chi connectivity index (χ1n) is 11.9. The molecule has 0 atom stereocenters. The van der Waals surface area contributed by atoms with Gasteiger partial charge in [-0.2, -0.15) is 0 Å². The molecule has 37 heavy (non-hydrogen) atoms. The average molecular weight is 523 g/mol. The van der Waals surface area contributed by atoms with E-state index in [1.807, 2.05) is 0 Å². The van der Waals surface area contributed by atoms with Gasteiger partial charge in [-0.3, -0.25) is 9.59 Å². The molecule has 0 bridgehead atoms. The van der Waals surface area contributed by atoms with Crippen molar-refractivity contribution in [2.45, 2.75) is 56.3 Å². The van der Waals surface area contributed by atoms with E-state index >= 15 is 0 Å². The number of amides is 2. The maximum atomic E-state index is 12.6. The van der Waals surface area contributed by atoms with E-state index in [-0.39, 0.29) is 30.7 Å². The van der Waals surface area contributed by atoms with Gasteiger partial charge >= 0.3 is 6.36 Å². The van der Waals surface area contributed by atoms with Gasteiger partial charge in [-0.1, -0.05) is 0 Å². The monoisotopic (exact) mass is 522 g/mol. The molecule has 1 heterocycles. The molecule has 2 N–H and O–H groups in total. The van der Waals surface area contributed by atoms with Gasteiger partial charge in [0.1, 0.15) is 11.5 Å². The Hall–Kier alpha value is -3.31. The van der Waals surface area contributed by atoms with Crippen molar-refractivity contribution in [1.29, 1.82) is 0 Å². The molecule has 1 saturated carbocycles. The number of hydrogen-bond donors (Lipinski definition) is 2. The van der Waals surface area contributed by atoms with E-state index in [2.05, 4.69) is 15.4 Å². The van der Waals surface area contributed by atoms with Crippen molar-refractivity contribution in [3.63, 3.8) is 0 Å². The highest BCUT2D eigenvalue weighted by molar-refractivity contribution is 5.95. The molecule has 0 unspecified atom stereocenters. The minimum atomic E-state index is -4.80. The van der Waals surface area contributed by atoms with Gasteiger partial charge in [0.2, 0.25) is 0 Å². The SMILES string of the molecule is COc1ccc(C(=O)NC2CCC3(CC2)OCC(C)(NC(=O)c2ccc(OC(F)(F)F)cc2)CO3)cc1. The minimum absolute atomic E-state index is 0.00950. The second kappa shape index (κ2) is 10.6. The Balaban J connectivity index is 1.25. The summed E-state index contributed by atoms with van der Waals surface area (Å²) >= 11 is 0. The highest BCUT2D eigenvalue weighted by Gasteiger charge is 2.45. The van der Waals surface area contributed by atoms with E-state index in [4.69, 9.17) is 14.2 Å². The number of carbonyl (C=O) groups is 2. The lowest BCUT2D eigenvalue weighted by atomic mass is 9.88. The topological polar surface area (TPSA) is 95.1 Å². The molecule has 2 amide bonds. The summed E-state index contributed by atoms with van der Waals surface area (Å²) in [5, 5.41) is 5.90. The van der Waals surface area contributed by atoms with Crippen molar-refractivity contribution in [3.05, 3.63) is 59.7 Å². The minimum Gasteiger partial charge on any atom is -0.497 e. The summed E-state index contributed by atoms with van der Waals surface area (Å²) in [5.41, 5.74) is -0.0764. The van der Waals surface area contributed by atoms with Crippen molar-refractivity contribution in [2.24, 2.45) is 0 Å². The Kier molecular flexibility index (Phi) is 7.65. The van der Waals surface area contributed by atoms with E-state index in [0.717, 1.165) is 12.1 Å². The number of carbonyl (C=O) groups excluding carboxylic acids is 2. The molecule has 11 heteroatoms. The maximum Gasteiger partial charge on any atom is 0.573 e. The number of alkyl halides is 3. The third-order valence-corrected chi connectivity index (χ3v) is 6.51. The molecule has 1 aliphatic carbocycles. The summed E-state index contributed by atoms with van der Waals surface area (Å²) in [5.74, 6) is -1.12. The molecule has 0 aromatic heterocycles. The van der Waals surface area contributed by atoms with E-state index in [9.17, 15) is 22.8 Å². The highest BCUT2D eigenvalue weighted by atomic mass is 19.4. The molecule has 2 aliphatic rings. The first-order chi connectivity index (χ1) is 17.5. The number of methoxy groups -OCH3 is 1. The quantitative estimate of drug-likeness (QED) is 0.591. The summed E-state index contributed by atoms with van der Waals surface area (Å²) in [7, 11) is 1.57. The van der Waals surface area contributed by atoms with Crippen molar-refractivity contribution in [1.82, 2.24) is 10.6 Å². The Morgan fingerprint density at radius 3 is 1.92 bits per heavy atom. The average Bonchev–Trinajstić information content (AvgIpc) is 2.87. The Morgan fingerprint density at radius 2 is 1.41 bits per heavy atom. The predicted molar refractivity (Wildman–Crippen MR) is 126 cm³/mol. The molecule has 0 radical (unpaired) electrons. The maximum absolute atomic E-state index is 12.6. The number of rotatable bonds is 6. The van der Waals surface area contributed by atoms with Crippen LogP contribution in [0.3, 0.4) is 0 Å². The number of ether oxygens (including phenoxy) is 4. The molecule has 1 saturated heterocycles. The highest BCUT2D eigenvalue weighted by Crippen LogP contribution is 2.37. The fourth-order valence-corrected chi connectivity index (χ4v) is 4.39. The van der Waals surface area contributed by atoms with Crippen LogP contribution in [0, 0.1) is 0 Å². The summed E-state index contributed by atoms with van der Waals surface area (Å²) in [6.07, 6.45) is -2.27. The molecule has 1 spiro atoms. The number of hydrogen-bond acceptors (Lipinski definition) is 6. The van der Waals surface area contributed by atoms with Gasteiger partial charge in [0.25, 0.3) is 11.8 Å². The molecule has 4 rings (SSSR count). The second-order valence-electron chi connectivity index (χ2n) is 9.55. The van der Waals surface area contributed by atoms with E-state index in [0.29, 0.717) is 37.0 Å². The van der Waals surface area contributed by atoms with Crippen LogP contribution in [0.15, 0.2) is 48.5 Å². The molecular formula is C26H29F3N2O6. The fourth-order valence-electron chi connectivity index (χ4n) is 4.39. The normalized spacial score (nSPS) is 25.8. The third kappa shape index (κ3) is 6.92. The zero-order chi connectivity index (χ0) is 26.7. The lowest BCUT2D eigenvalue weighted by Gasteiger charge is -2.47. The Labute approximate surface area is 212 Å². The predicted octanol–water partition coefficient (Wildman–Crippen LogP) is 4.20. The largest absolute Gasteiger partial charge is 0.573 e. The molecule has 1 aliphatic heterocycles. The van der Waals surface area contributed by atoms with Crippen LogP contribution < -0.4 is 20.1 Å². The first kappa shape index (κ1) is 26.7. The van der Waals surface area contributed by atoms with Gasteiger partial charge in [-0.25, -0.2) is 0 Å². The van der Waals surface area contributed by atoms with Crippen LogP contribution in [-0.4, -0.2) is 55.9 Å². The lowest BCUT2D eigenvalue weighted by molar-refractivity contribution is -0.300. The summed E-state index contributed by atoms with van der Waals surface area (Å²) in [6.45, 7) is 2.19. The van der Waals surface area contributed by atoms with Crippen molar-refractivity contribution >= 4 is 11.8 Å². The van der Waals surface area contributed by atoms with Crippen LogP contribution in [0.2, 0.25) is 0 Å². The van der Waals surface area contributed by atoms with Crippen LogP contribution in [0.5, 0.6) is 11.5 Å². The second-order valence-corrected chi connectivity index (χ2v) is 9.55. The van der Waals surface area contributed by atoms with Crippen LogP contribution in [0.25, 0.3) is 0 Å². The molecule has 2 aromatic rings. The first-order valence-corrected chi connectivity index (χ1v) is 11.9. The van der Waals surface area contributed by atoms with E-state index in [1.54, 1.807) is 38.3 Å². The molecule has 200 valence electrons. The van der Waals surface area contributed by atoms with Crippen LogP contribution >= 0.6 is 0 Å². The fraction of sp³-hybridized carbons (Fsp3) is 0.462. The van der Waals surface area contributed by atoms with Crippen molar-refractivity contribution < 1.29 is 41.7 Å². The van der Waals surface area contributed by atoms with Crippen molar-refractivity contribution in [2.75, 3.05) is 20.3 Å². The van der Waals surface area contributed by atoms with E-state index in [1.165, 1.54) is 12.1 Å². The van der Waals surface area contributed by atoms with Gasteiger partial charge in [0.05, 0.1) is 25.9 Å². The van der Waals surface area contributed by atoms with E-state index < -0.39 is 29.3 Å². The Morgan fingerprint density at radius 1 is 0.892 bits per heavy atom. The summed E-state index contributed by atoms with van der Waals surface area (Å²) in [4.78, 5) is 25.2. The van der Waals surface area contributed by atoms with Crippen LogP contribution in [0.4, 0.5) is 13.2 Å². The standard InChI is InChI=1S/C26H29F3N2O6/c1-24(31-23(33)18-5-9-21(10-6-18)37-26(27,28)29)15-35-25(36-16-24)13-11-19(12-14-25)30-22(32)17-3-7-20(34-2)8-4-17/h3-10,19H,11-16H2,1-2H3,(H,30,32)(H,31,33). The molecule has 2 fully saturated rings. The van der Waals surface area contributed by atoms with Gasteiger partial charge < -0.3 is 29.6 Å². The third-order valence-electron chi connectivity index (χ3n) is 6.51. The lowest BCUT2D eigenvalue weighted by Crippen LogP contribution is -2.61.